The van der Waals surface area contributed by atoms with E-state index >= 15 is 0 Å². The predicted octanol–water partition coefficient (Wildman–Crippen LogP) is 3.94. The average molecular weight is 326 g/mol. The molecule has 0 atom stereocenters. The summed E-state index contributed by atoms with van der Waals surface area (Å²) in [6.45, 7) is 0. The zero-order valence-electron chi connectivity index (χ0n) is 9.28. The van der Waals surface area contributed by atoms with E-state index in [-0.39, 0.29) is 5.91 Å². The van der Waals surface area contributed by atoms with Crippen molar-refractivity contribution < 1.29 is 4.79 Å². The van der Waals surface area contributed by atoms with Crippen LogP contribution in [0.4, 0.5) is 11.4 Å². The van der Waals surface area contributed by atoms with Gasteiger partial charge in [-0.05, 0) is 46.3 Å². The molecule has 0 fully saturated rings. The number of nitrogens with two attached hydrogens (primary N) is 1. The van der Waals surface area contributed by atoms with Crippen LogP contribution in [-0.4, -0.2) is 5.91 Å². The van der Waals surface area contributed by atoms with Gasteiger partial charge in [0.05, 0.1) is 16.3 Å². The number of hydrogen-bond acceptors (Lipinski definition) is 2. The number of hydrogen-bond donors (Lipinski definition) is 2. The first-order valence-corrected chi connectivity index (χ1v) is 6.36. The van der Waals surface area contributed by atoms with Gasteiger partial charge < -0.3 is 11.1 Å². The second-order valence-electron chi connectivity index (χ2n) is 3.67. The summed E-state index contributed by atoms with van der Waals surface area (Å²) in [5.74, 6) is -0.262. The van der Waals surface area contributed by atoms with Crippen molar-refractivity contribution in [2.24, 2.45) is 0 Å². The normalized spacial score (nSPS) is 10.1. The average Bonchev–Trinajstić information content (AvgIpc) is 2.35. The SMILES string of the molecule is Nc1ccc(Br)c(C(=O)Nc2ccccc2Cl)c1. The molecule has 0 aromatic heterocycles. The van der Waals surface area contributed by atoms with Crippen molar-refractivity contribution in [1.82, 2.24) is 0 Å². The van der Waals surface area contributed by atoms with Crippen LogP contribution in [-0.2, 0) is 0 Å². The molecule has 0 aliphatic rings. The molecule has 2 aromatic carbocycles. The topological polar surface area (TPSA) is 55.1 Å². The van der Waals surface area contributed by atoms with Crippen LogP contribution in [0.25, 0.3) is 0 Å². The molecule has 0 saturated carbocycles. The predicted molar refractivity (Wildman–Crippen MR) is 78.0 cm³/mol. The van der Waals surface area contributed by atoms with Crippen molar-refractivity contribution >= 4 is 44.8 Å². The Morgan fingerprint density at radius 1 is 1.22 bits per heavy atom. The number of amides is 1. The lowest BCUT2D eigenvalue weighted by molar-refractivity contribution is 0.102. The maximum Gasteiger partial charge on any atom is 0.256 e. The van der Waals surface area contributed by atoms with Gasteiger partial charge >= 0.3 is 0 Å². The highest BCUT2D eigenvalue weighted by Crippen LogP contribution is 2.24. The molecule has 3 N–H and O–H groups in total. The summed E-state index contributed by atoms with van der Waals surface area (Å²) in [5, 5.41) is 3.23. The summed E-state index contributed by atoms with van der Waals surface area (Å²) in [6, 6.07) is 12.1. The minimum atomic E-state index is -0.262. The fourth-order valence-corrected chi connectivity index (χ4v) is 2.08. The van der Waals surface area contributed by atoms with Gasteiger partial charge in [-0.3, -0.25) is 4.79 Å². The minimum Gasteiger partial charge on any atom is -0.399 e. The van der Waals surface area contributed by atoms with E-state index in [9.17, 15) is 4.79 Å². The number of para-hydroxylation sites is 1. The first kappa shape index (κ1) is 12.9. The molecular formula is C13H10BrClN2O. The number of carbonyl (C=O) groups excluding carboxylic acids is 1. The molecule has 0 saturated heterocycles. The monoisotopic (exact) mass is 324 g/mol. The van der Waals surface area contributed by atoms with Crippen molar-refractivity contribution in [3.05, 3.63) is 57.5 Å². The van der Waals surface area contributed by atoms with Gasteiger partial charge in [-0.15, -0.1) is 0 Å². The zero-order chi connectivity index (χ0) is 13.1. The van der Waals surface area contributed by atoms with E-state index in [2.05, 4.69) is 21.2 Å². The third-order valence-electron chi connectivity index (χ3n) is 2.36. The van der Waals surface area contributed by atoms with E-state index in [1.807, 2.05) is 0 Å². The van der Waals surface area contributed by atoms with E-state index < -0.39 is 0 Å². The molecule has 0 unspecified atom stereocenters. The first-order chi connectivity index (χ1) is 8.58. The van der Waals surface area contributed by atoms with Crippen LogP contribution in [0.1, 0.15) is 10.4 Å². The molecule has 0 aliphatic heterocycles. The van der Waals surface area contributed by atoms with Crippen LogP contribution in [0, 0.1) is 0 Å². The molecule has 2 rings (SSSR count). The van der Waals surface area contributed by atoms with E-state index in [0.717, 1.165) is 0 Å². The lowest BCUT2D eigenvalue weighted by atomic mass is 10.2. The lowest BCUT2D eigenvalue weighted by Crippen LogP contribution is -2.13. The first-order valence-electron chi connectivity index (χ1n) is 5.19. The second kappa shape index (κ2) is 5.42. The number of carbonyl (C=O) groups is 1. The van der Waals surface area contributed by atoms with Crippen LogP contribution in [0.2, 0.25) is 5.02 Å². The Kier molecular flexibility index (Phi) is 3.89. The van der Waals surface area contributed by atoms with Crippen LogP contribution in [0.5, 0.6) is 0 Å². The summed E-state index contributed by atoms with van der Waals surface area (Å²) in [5.41, 5.74) is 7.23. The highest BCUT2D eigenvalue weighted by atomic mass is 79.9. The maximum atomic E-state index is 12.1. The summed E-state index contributed by atoms with van der Waals surface area (Å²) >= 11 is 9.29. The number of benzene rings is 2. The van der Waals surface area contributed by atoms with Gasteiger partial charge in [-0.2, -0.15) is 0 Å². The molecule has 18 heavy (non-hydrogen) atoms. The van der Waals surface area contributed by atoms with E-state index in [0.29, 0.717) is 26.4 Å². The van der Waals surface area contributed by atoms with Gasteiger partial charge in [0.15, 0.2) is 0 Å². The van der Waals surface area contributed by atoms with Gasteiger partial charge in [-0.1, -0.05) is 23.7 Å². The number of anilines is 2. The lowest BCUT2D eigenvalue weighted by Gasteiger charge is -2.08. The molecule has 0 bridgehead atoms. The van der Waals surface area contributed by atoms with Crippen LogP contribution in [0.15, 0.2) is 46.9 Å². The van der Waals surface area contributed by atoms with Crippen molar-refractivity contribution in [2.75, 3.05) is 11.1 Å². The van der Waals surface area contributed by atoms with E-state index in [1.165, 1.54) is 0 Å². The molecule has 0 radical (unpaired) electrons. The molecule has 0 aliphatic carbocycles. The third kappa shape index (κ3) is 2.83. The Balaban J connectivity index is 2.28. The highest BCUT2D eigenvalue weighted by Gasteiger charge is 2.11. The van der Waals surface area contributed by atoms with Crippen molar-refractivity contribution in [3.8, 4) is 0 Å². The largest absolute Gasteiger partial charge is 0.399 e. The molecule has 1 amide bonds. The molecule has 3 nitrogen and oxygen atoms in total. The minimum absolute atomic E-state index is 0.262. The van der Waals surface area contributed by atoms with Gasteiger partial charge in [0, 0.05) is 10.2 Å². The molecule has 2 aromatic rings. The Hall–Kier alpha value is -1.52. The van der Waals surface area contributed by atoms with Crippen LogP contribution in [0.3, 0.4) is 0 Å². The number of rotatable bonds is 2. The number of nitrogen functional groups attached to an aromatic ring is 1. The van der Waals surface area contributed by atoms with Crippen molar-refractivity contribution in [3.63, 3.8) is 0 Å². The Labute approximate surface area is 118 Å². The van der Waals surface area contributed by atoms with Crippen molar-refractivity contribution in [2.45, 2.75) is 0 Å². The second-order valence-corrected chi connectivity index (χ2v) is 4.93. The number of halogens is 2. The highest BCUT2D eigenvalue weighted by molar-refractivity contribution is 9.10. The summed E-state index contributed by atoms with van der Waals surface area (Å²) in [7, 11) is 0. The summed E-state index contributed by atoms with van der Waals surface area (Å²) in [6.07, 6.45) is 0. The molecule has 0 heterocycles. The zero-order valence-corrected chi connectivity index (χ0v) is 11.6. The van der Waals surface area contributed by atoms with Crippen molar-refractivity contribution in [1.29, 1.82) is 0 Å². The summed E-state index contributed by atoms with van der Waals surface area (Å²) < 4.78 is 0.682. The van der Waals surface area contributed by atoms with E-state index in [1.54, 1.807) is 42.5 Å². The van der Waals surface area contributed by atoms with Gasteiger partial charge in [-0.25, -0.2) is 0 Å². The quantitative estimate of drug-likeness (QED) is 0.822. The molecule has 92 valence electrons. The summed E-state index contributed by atoms with van der Waals surface area (Å²) in [4.78, 5) is 12.1. The fraction of sp³-hybridized carbons (Fsp3) is 0. The Morgan fingerprint density at radius 3 is 2.67 bits per heavy atom. The molecule has 0 spiro atoms. The molecular weight excluding hydrogens is 316 g/mol. The molecule has 5 heteroatoms. The van der Waals surface area contributed by atoms with Gasteiger partial charge in [0.1, 0.15) is 0 Å². The van der Waals surface area contributed by atoms with Gasteiger partial charge in [0.25, 0.3) is 5.91 Å². The van der Waals surface area contributed by atoms with Gasteiger partial charge in [0.2, 0.25) is 0 Å². The van der Waals surface area contributed by atoms with E-state index in [4.69, 9.17) is 17.3 Å². The fourth-order valence-electron chi connectivity index (χ4n) is 1.47. The standard InChI is InChI=1S/C13H10BrClN2O/c14-10-6-5-8(16)7-9(10)13(18)17-12-4-2-1-3-11(12)15/h1-7H,16H2,(H,17,18). The van der Waals surface area contributed by atoms with Crippen LogP contribution < -0.4 is 11.1 Å². The Bertz CT molecular complexity index is 601. The van der Waals surface area contributed by atoms with Crippen LogP contribution >= 0.6 is 27.5 Å². The smallest absolute Gasteiger partial charge is 0.256 e. The Morgan fingerprint density at radius 2 is 1.94 bits per heavy atom. The maximum absolute atomic E-state index is 12.1. The number of nitrogens with one attached hydrogen (secondary N) is 1. The third-order valence-corrected chi connectivity index (χ3v) is 3.38.